The Morgan fingerprint density at radius 2 is 2.13 bits per heavy atom. The van der Waals surface area contributed by atoms with Crippen molar-refractivity contribution in [2.45, 2.75) is 0 Å². The Hall–Kier alpha value is -1.63. The Labute approximate surface area is 88.1 Å². The summed E-state index contributed by atoms with van der Waals surface area (Å²) in [4.78, 5) is 13.9. The molecule has 7 heteroatoms. The van der Waals surface area contributed by atoms with Gasteiger partial charge in [-0.3, -0.25) is 0 Å². The molecule has 7 nitrogen and oxygen atoms in total. The molecule has 0 radical (unpaired) electrons. The van der Waals surface area contributed by atoms with Gasteiger partial charge in [0.1, 0.15) is 0 Å². The summed E-state index contributed by atoms with van der Waals surface area (Å²) in [5.41, 5.74) is 0. The number of rotatable bonds is 5. The molecule has 0 spiro atoms. The van der Waals surface area contributed by atoms with E-state index in [1.807, 2.05) is 0 Å². The third kappa shape index (κ3) is 2.91. The number of methoxy groups -OCH3 is 1. The molecule has 0 atom stereocenters. The molecule has 0 fully saturated rings. The highest BCUT2D eigenvalue weighted by Gasteiger charge is 2.09. The van der Waals surface area contributed by atoms with Gasteiger partial charge in [-0.15, -0.1) is 0 Å². The van der Waals surface area contributed by atoms with Crippen LogP contribution in [-0.2, 0) is 0 Å². The second kappa shape index (κ2) is 5.30. The summed E-state index contributed by atoms with van der Waals surface area (Å²) >= 11 is 0. The second-order valence-electron chi connectivity index (χ2n) is 2.84. The second-order valence-corrected chi connectivity index (χ2v) is 2.84. The average molecular weight is 213 g/mol. The molecule has 0 aliphatic rings. The molecule has 0 amide bonds. The first-order valence-electron chi connectivity index (χ1n) is 4.51. The maximum Gasteiger partial charge on any atom is 0.322 e. The van der Waals surface area contributed by atoms with Crippen LogP contribution < -0.4 is 15.0 Å². The molecule has 1 aromatic rings. The van der Waals surface area contributed by atoms with Crippen molar-refractivity contribution < 1.29 is 9.84 Å². The number of anilines is 2. The Kier molecular flexibility index (Phi) is 4.04. The molecule has 15 heavy (non-hydrogen) atoms. The summed E-state index contributed by atoms with van der Waals surface area (Å²) in [6, 6.07) is 0.245. The third-order valence-corrected chi connectivity index (χ3v) is 1.79. The largest absolute Gasteiger partial charge is 0.467 e. The fraction of sp³-hybridized carbons (Fsp3) is 0.625. The molecule has 0 aromatic carbocycles. The predicted molar refractivity (Wildman–Crippen MR) is 56.3 cm³/mol. The molecule has 0 saturated heterocycles. The SMILES string of the molecule is CNc1nc(OC)nc(N(C)CCO)n1. The molecule has 0 bridgehead atoms. The maximum absolute atomic E-state index is 8.79. The topological polar surface area (TPSA) is 83.4 Å². The van der Waals surface area contributed by atoms with Crippen LogP contribution in [0.4, 0.5) is 11.9 Å². The van der Waals surface area contributed by atoms with Gasteiger partial charge in [-0.25, -0.2) is 0 Å². The van der Waals surface area contributed by atoms with Crippen molar-refractivity contribution >= 4 is 11.9 Å². The number of nitrogens with one attached hydrogen (secondary N) is 1. The van der Waals surface area contributed by atoms with Crippen molar-refractivity contribution in [3.8, 4) is 6.01 Å². The summed E-state index contributed by atoms with van der Waals surface area (Å²) in [7, 11) is 4.99. The van der Waals surface area contributed by atoms with Crippen LogP contribution in [0, 0.1) is 0 Å². The minimum absolute atomic E-state index is 0.0411. The van der Waals surface area contributed by atoms with E-state index in [1.54, 1.807) is 19.0 Å². The van der Waals surface area contributed by atoms with E-state index < -0.39 is 0 Å². The number of aliphatic hydroxyl groups excluding tert-OH is 1. The zero-order valence-corrected chi connectivity index (χ0v) is 9.06. The van der Waals surface area contributed by atoms with Gasteiger partial charge in [-0.2, -0.15) is 15.0 Å². The highest BCUT2D eigenvalue weighted by atomic mass is 16.5. The van der Waals surface area contributed by atoms with Crippen LogP contribution in [0.15, 0.2) is 0 Å². The van der Waals surface area contributed by atoms with Crippen LogP contribution in [0.3, 0.4) is 0 Å². The molecule has 0 aliphatic heterocycles. The summed E-state index contributed by atoms with van der Waals surface area (Å²) in [5, 5.41) is 11.6. The number of hydrogen-bond donors (Lipinski definition) is 2. The van der Waals surface area contributed by atoms with Crippen LogP contribution in [0.5, 0.6) is 6.01 Å². The van der Waals surface area contributed by atoms with E-state index in [0.29, 0.717) is 18.4 Å². The lowest BCUT2D eigenvalue weighted by atomic mass is 10.6. The number of aliphatic hydroxyl groups is 1. The van der Waals surface area contributed by atoms with E-state index in [0.717, 1.165) is 0 Å². The van der Waals surface area contributed by atoms with Crippen LogP contribution in [0.2, 0.25) is 0 Å². The average Bonchev–Trinajstić information content (AvgIpc) is 2.28. The quantitative estimate of drug-likeness (QED) is 0.672. The molecular weight excluding hydrogens is 198 g/mol. The van der Waals surface area contributed by atoms with E-state index >= 15 is 0 Å². The van der Waals surface area contributed by atoms with Crippen molar-refractivity contribution in [1.82, 2.24) is 15.0 Å². The molecule has 0 aliphatic carbocycles. The van der Waals surface area contributed by atoms with E-state index in [4.69, 9.17) is 9.84 Å². The van der Waals surface area contributed by atoms with Crippen molar-refractivity contribution in [2.75, 3.05) is 44.6 Å². The standard InChI is InChI=1S/C8H15N5O2/c1-9-6-10-7(13(2)4-5-14)12-8(11-6)15-3/h14H,4-5H2,1-3H3,(H,9,10,11,12). The fourth-order valence-corrected chi connectivity index (χ4v) is 0.970. The third-order valence-electron chi connectivity index (χ3n) is 1.79. The van der Waals surface area contributed by atoms with Gasteiger partial charge >= 0.3 is 6.01 Å². The van der Waals surface area contributed by atoms with Crippen molar-refractivity contribution in [3.63, 3.8) is 0 Å². The maximum atomic E-state index is 8.79. The van der Waals surface area contributed by atoms with Gasteiger partial charge in [0.05, 0.1) is 13.7 Å². The van der Waals surface area contributed by atoms with Crippen molar-refractivity contribution in [2.24, 2.45) is 0 Å². The number of nitrogens with zero attached hydrogens (tertiary/aromatic N) is 4. The lowest BCUT2D eigenvalue weighted by Gasteiger charge is -2.16. The Bertz CT molecular complexity index is 298. The summed E-state index contributed by atoms with van der Waals surface area (Å²) in [6.45, 7) is 0.496. The fourth-order valence-electron chi connectivity index (χ4n) is 0.970. The van der Waals surface area contributed by atoms with Gasteiger partial charge in [-0.05, 0) is 0 Å². The predicted octanol–water partition coefficient (Wildman–Crippen LogP) is -0.650. The molecule has 1 heterocycles. The highest BCUT2D eigenvalue weighted by molar-refractivity contribution is 5.37. The van der Waals surface area contributed by atoms with Gasteiger partial charge in [0, 0.05) is 20.6 Å². The minimum atomic E-state index is 0.0411. The highest BCUT2D eigenvalue weighted by Crippen LogP contribution is 2.12. The number of likely N-dealkylation sites (N-methyl/N-ethyl adjacent to an activating group) is 1. The van der Waals surface area contributed by atoms with Crippen LogP contribution >= 0.6 is 0 Å². The molecule has 0 unspecified atom stereocenters. The smallest absolute Gasteiger partial charge is 0.322 e. The number of hydrogen-bond acceptors (Lipinski definition) is 7. The molecule has 84 valence electrons. The number of aromatic nitrogens is 3. The van der Waals surface area contributed by atoms with E-state index in [1.165, 1.54) is 7.11 Å². The van der Waals surface area contributed by atoms with Crippen LogP contribution in [0.1, 0.15) is 0 Å². The lowest BCUT2D eigenvalue weighted by Crippen LogP contribution is -2.24. The van der Waals surface area contributed by atoms with E-state index in [9.17, 15) is 0 Å². The molecule has 0 saturated carbocycles. The molecule has 2 N–H and O–H groups in total. The van der Waals surface area contributed by atoms with Gasteiger partial charge in [0.25, 0.3) is 0 Å². The Morgan fingerprint density at radius 1 is 1.40 bits per heavy atom. The van der Waals surface area contributed by atoms with Crippen LogP contribution in [-0.4, -0.2) is 54.4 Å². The first-order chi connectivity index (χ1) is 7.21. The van der Waals surface area contributed by atoms with Gasteiger partial charge < -0.3 is 20.1 Å². The molecule has 1 rings (SSSR count). The van der Waals surface area contributed by atoms with Crippen LogP contribution in [0.25, 0.3) is 0 Å². The zero-order valence-electron chi connectivity index (χ0n) is 9.06. The van der Waals surface area contributed by atoms with Gasteiger partial charge in [-0.1, -0.05) is 0 Å². The molecular formula is C8H15N5O2. The van der Waals surface area contributed by atoms with Gasteiger partial charge in [0.15, 0.2) is 0 Å². The number of ether oxygens (including phenoxy) is 1. The zero-order chi connectivity index (χ0) is 11.3. The van der Waals surface area contributed by atoms with E-state index in [-0.39, 0.29) is 12.6 Å². The summed E-state index contributed by atoms with van der Waals surface area (Å²) in [5.74, 6) is 0.891. The van der Waals surface area contributed by atoms with Crippen molar-refractivity contribution in [3.05, 3.63) is 0 Å². The lowest BCUT2D eigenvalue weighted by molar-refractivity contribution is 0.303. The summed E-state index contributed by atoms with van der Waals surface area (Å²) in [6.07, 6.45) is 0. The van der Waals surface area contributed by atoms with Gasteiger partial charge in [0.2, 0.25) is 11.9 Å². The first-order valence-corrected chi connectivity index (χ1v) is 4.51. The van der Waals surface area contributed by atoms with Crippen molar-refractivity contribution in [1.29, 1.82) is 0 Å². The Balaban J connectivity index is 2.95. The monoisotopic (exact) mass is 213 g/mol. The minimum Gasteiger partial charge on any atom is -0.467 e. The summed E-state index contributed by atoms with van der Waals surface area (Å²) < 4.78 is 4.93. The first kappa shape index (κ1) is 11.4. The molecule has 1 aromatic heterocycles. The van der Waals surface area contributed by atoms with E-state index in [2.05, 4.69) is 20.3 Å². The normalized spacial score (nSPS) is 9.87. The Morgan fingerprint density at radius 3 is 2.67 bits per heavy atom.